The molecular formula is C17H27N3O. The number of nitrogens with zero attached hydrogens (tertiary/aromatic N) is 2. The van der Waals surface area contributed by atoms with Crippen molar-refractivity contribution in [3.8, 4) is 0 Å². The van der Waals surface area contributed by atoms with Crippen molar-refractivity contribution in [1.82, 2.24) is 15.2 Å². The normalized spacial score (nSPS) is 17.0. The number of hydrogen-bond acceptors (Lipinski definition) is 3. The van der Waals surface area contributed by atoms with E-state index in [9.17, 15) is 4.79 Å². The van der Waals surface area contributed by atoms with Gasteiger partial charge in [-0.15, -0.1) is 0 Å². The molecule has 2 heterocycles. The van der Waals surface area contributed by atoms with E-state index in [1.54, 1.807) is 6.20 Å². The van der Waals surface area contributed by atoms with Crippen LogP contribution in [0.15, 0.2) is 24.4 Å². The van der Waals surface area contributed by atoms with Crippen LogP contribution < -0.4 is 5.32 Å². The smallest absolute Gasteiger partial charge is 0.221 e. The van der Waals surface area contributed by atoms with Gasteiger partial charge in [-0.3, -0.25) is 9.78 Å². The summed E-state index contributed by atoms with van der Waals surface area (Å²) in [5.41, 5.74) is 1.03. The number of hydrogen-bond donors (Lipinski definition) is 1. The van der Waals surface area contributed by atoms with E-state index in [0.29, 0.717) is 13.0 Å². The lowest BCUT2D eigenvalue weighted by Gasteiger charge is -2.24. The number of nitrogens with one attached hydrogen (secondary N) is 1. The molecule has 0 saturated carbocycles. The topological polar surface area (TPSA) is 45.2 Å². The summed E-state index contributed by atoms with van der Waals surface area (Å²) in [6, 6.07) is 5.88. The van der Waals surface area contributed by atoms with Gasteiger partial charge in [-0.05, 0) is 38.1 Å². The molecule has 4 nitrogen and oxygen atoms in total. The third kappa shape index (κ3) is 6.71. The minimum Gasteiger partial charge on any atom is -0.356 e. The van der Waals surface area contributed by atoms with Gasteiger partial charge < -0.3 is 10.2 Å². The van der Waals surface area contributed by atoms with Crippen LogP contribution in [0, 0.1) is 0 Å². The van der Waals surface area contributed by atoms with Crippen LogP contribution in [0.1, 0.15) is 44.2 Å². The molecule has 1 N–H and O–H groups in total. The Bertz CT molecular complexity index is 400. The lowest BCUT2D eigenvalue weighted by atomic mass is 10.1. The van der Waals surface area contributed by atoms with Crippen molar-refractivity contribution in [2.45, 2.75) is 44.9 Å². The maximum Gasteiger partial charge on any atom is 0.221 e. The van der Waals surface area contributed by atoms with Crippen LogP contribution in [-0.4, -0.2) is 42.0 Å². The number of carbonyl (C=O) groups is 1. The first-order valence-electron chi connectivity index (χ1n) is 8.23. The highest BCUT2D eigenvalue weighted by Gasteiger charge is 2.10. The van der Waals surface area contributed by atoms with E-state index in [0.717, 1.165) is 31.7 Å². The summed E-state index contributed by atoms with van der Waals surface area (Å²) < 4.78 is 0. The van der Waals surface area contributed by atoms with E-state index in [-0.39, 0.29) is 5.91 Å². The van der Waals surface area contributed by atoms with Gasteiger partial charge in [0.1, 0.15) is 0 Å². The number of rotatable bonds is 6. The van der Waals surface area contributed by atoms with Gasteiger partial charge in [0.2, 0.25) is 5.91 Å². The van der Waals surface area contributed by atoms with Crippen LogP contribution in [0.4, 0.5) is 0 Å². The summed E-state index contributed by atoms with van der Waals surface area (Å²) in [6.45, 7) is 3.88. The molecule has 1 aromatic rings. The van der Waals surface area contributed by atoms with Crippen LogP contribution >= 0.6 is 0 Å². The van der Waals surface area contributed by atoms with Gasteiger partial charge in [-0.1, -0.05) is 25.3 Å². The molecule has 0 radical (unpaired) electrons. The molecule has 21 heavy (non-hydrogen) atoms. The van der Waals surface area contributed by atoms with E-state index in [4.69, 9.17) is 0 Å². The zero-order valence-electron chi connectivity index (χ0n) is 12.9. The molecule has 0 aromatic carbocycles. The fourth-order valence-corrected chi connectivity index (χ4v) is 2.76. The molecule has 1 saturated heterocycles. The summed E-state index contributed by atoms with van der Waals surface area (Å²) in [6.07, 6.45) is 9.82. The standard InChI is InChI=1S/C17H27N3O/c21-17(19-12-9-16-8-4-5-11-18-16)10-15-20-13-6-2-1-3-7-14-20/h4-5,8,11H,1-3,6-7,9-10,12-15H2,(H,19,21). The van der Waals surface area contributed by atoms with Crippen LogP contribution in [0.2, 0.25) is 0 Å². The molecule has 1 aromatic heterocycles. The quantitative estimate of drug-likeness (QED) is 0.874. The number of carbonyl (C=O) groups excluding carboxylic acids is 1. The molecule has 0 atom stereocenters. The number of amides is 1. The highest BCUT2D eigenvalue weighted by atomic mass is 16.1. The lowest BCUT2D eigenvalue weighted by molar-refractivity contribution is -0.121. The molecule has 4 heteroatoms. The summed E-state index contributed by atoms with van der Waals surface area (Å²) in [5.74, 6) is 0.160. The SMILES string of the molecule is O=C(CCN1CCCCCCC1)NCCc1ccccn1. The summed E-state index contributed by atoms with van der Waals surface area (Å²) >= 11 is 0. The molecule has 1 aliphatic rings. The van der Waals surface area contributed by atoms with E-state index in [1.165, 1.54) is 32.1 Å². The molecule has 0 unspecified atom stereocenters. The Balaban J connectivity index is 1.58. The fourth-order valence-electron chi connectivity index (χ4n) is 2.76. The van der Waals surface area contributed by atoms with Crippen molar-refractivity contribution in [2.24, 2.45) is 0 Å². The fraction of sp³-hybridized carbons (Fsp3) is 0.647. The molecular weight excluding hydrogens is 262 g/mol. The number of aromatic nitrogens is 1. The first-order chi connectivity index (χ1) is 10.3. The maximum atomic E-state index is 11.9. The van der Waals surface area contributed by atoms with Gasteiger partial charge in [0.25, 0.3) is 0 Å². The van der Waals surface area contributed by atoms with Gasteiger partial charge >= 0.3 is 0 Å². The van der Waals surface area contributed by atoms with Gasteiger partial charge in [0.05, 0.1) is 0 Å². The van der Waals surface area contributed by atoms with Crippen molar-refractivity contribution < 1.29 is 4.79 Å². The number of pyridine rings is 1. The Morgan fingerprint density at radius 2 is 1.90 bits per heavy atom. The van der Waals surface area contributed by atoms with Crippen molar-refractivity contribution >= 4 is 5.91 Å². The first kappa shape index (κ1) is 16.0. The van der Waals surface area contributed by atoms with Crippen LogP contribution in [0.3, 0.4) is 0 Å². The molecule has 0 bridgehead atoms. The van der Waals surface area contributed by atoms with Crippen LogP contribution in [0.25, 0.3) is 0 Å². The van der Waals surface area contributed by atoms with E-state index in [2.05, 4.69) is 15.2 Å². The van der Waals surface area contributed by atoms with E-state index in [1.807, 2.05) is 18.2 Å². The van der Waals surface area contributed by atoms with Gasteiger partial charge in [0.15, 0.2) is 0 Å². The van der Waals surface area contributed by atoms with Gasteiger partial charge in [0, 0.05) is 37.8 Å². The van der Waals surface area contributed by atoms with Crippen molar-refractivity contribution in [3.05, 3.63) is 30.1 Å². The summed E-state index contributed by atoms with van der Waals surface area (Å²) in [4.78, 5) is 18.6. The average molecular weight is 289 g/mol. The predicted octanol–water partition coefficient (Wildman–Crippen LogP) is 2.40. The Kier molecular flexibility index (Phi) is 7.22. The molecule has 0 aliphatic carbocycles. The minimum absolute atomic E-state index is 0.160. The highest BCUT2D eigenvalue weighted by molar-refractivity contribution is 5.76. The Morgan fingerprint density at radius 1 is 1.14 bits per heavy atom. The van der Waals surface area contributed by atoms with Crippen LogP contribution in [0.5, 0.6) is 0 Å². The van der Waals surface area contributed by atoms with Crippen molar-refractivity contribution in [3.63, 3.8) is 0 Å². The molecule has 2 rings (SSSR count). The zero-order chi connectivity index (χ0) is 14.8. The Labute approximate surface area is 127 Å². The Hall–Kier alpha value is -1.42. The maximum absolute atomic E-state index is 11.9. The molecule has 1 fully saturated rings. The highest BCUT2D eigenvalue weighted by Crippen LogP contribution is 2.10. The first-order valence-corrected chi connectivity index (χ1v) is 8.23. The van der Waals surface area contributed by atoms with Gasteiger partial charge in [-0.2, -0.15) is 0 Å². The van der Waals surface area contributed by atoms with Crippen molar-refractivity contribution in [2.75, 3.05) is 26.2 Å². The number of likely N-dealkylation sites (tertiary alicyclic amines) is 1. The average Bonchev–Trinajstić information content (AvgIpc) is 2.47. The zero-order valence-corrected chi connectivity index (χ0v) is 12.9. The molecule has 0 spiro atoms. The molecule has 1 amide bonds. The molecule has 116 valence electrons. The third-order valence-corrected chi connectivity index (χ3v) is 4.03. The summed E-state index contributed by atoms with van der Waals surface area (Å²) in [5, 5.41) is 2.99. The second kappa shape index (κ2) is 9.50. The second-order valence-electron chi connectivity index (χ2n) is 5.78. The summed E-state index contributed by atoms with van der Waals surface area (Å²) in [7, 11) is 0. The van der Waals surface area contributed by atoms with Crippen LogP contribution in [-0.2, 0) is 11.2 Å². The predicted molar refractivity (Wildman–Crippen MR) is 85.1 cm³/mol. The van der Waals surface area contributed by atoms with E-state index >= 15 is 0 Å². The Morgan fingerprint density at radius 3 is 2.62 bits per heavy atom. The third-order valence-electron chi connectivity index (χ3n) is 4.03. The monoisotopic (exact) mass is 289 g/mol. The van der Waals surface area contributed by atoms with E-state index < -0.39 is 0 Å². The molecule has 1 aliphatic heterocycles. The van der Waals surface area contributed by atoms with Gasteiger partial charge in [-0.25, -0.2) is 0 Å². The minimum atomic E-state index is 0.160. The largest absolute Gasteiger partial charge is 0.356 e. The second-order valence-corrected chi connectivity index (χ2v) is 5.78. The van der Waals surface area contributed by atoms with Crippen molar-refractivity contribution in [1.29, 1.82) is 0 Å². The lowest BCUT2D eigenvalue weighted by Crippen LogP contribution is -2.33.